The fraction of sp³-hybridized carbons (Fsp3) is 0.417. The second kappa shape index (κ2) is 4.47. The van der Waals surface area contributed by atoms with E-state index in [0.29, 0.717) is 12.7 Å². The van der Waals surface area contributed by atoms with E-state index in [1.165, 1.54) is 0 Å². The van der Waals surface area contributed by atoms with E-state index in [1.807, 2.05) is 24.3 Å². The Hall–Kier alpha value is -1.02. The quantitative estimate of drug-likeness (QED) is 0.664. The molecule has 0 aromatic heterocycles. The van der Waals surface area contributed by atoms with Crippen molar-refractivity contribution in [3.05, 3.63) is 36.2 Å². The van der Waals surface area contributed by atoms with Crippen molar-refractivity contribution >= 4 is 0 Å². The van der Waals surface area contributed by atoms with E-state index in [4.69, 9.17) is 9.47 Å². The molecule has 2 heteroatoms. The van der Waals surface area contributed by atoms with Gasteiger partial charge in [-0.15, -0.1) is 0 Å². The SMILES string of the molecule is CC[C]c1ccc(OCC2CO2)cc1. The van der Waals surface area contributed by atoms with Crippen LogP contribution in [0.3, 0.4) is 0 Å². The summed E-state index contributed by atoms with van der Waals surface area (Å²) in [7, 11) is 0. The number of ether oxygens (including phenoxy) is 2. The van der Waals surface area contributed by atoms with Crippen molar-refractivity contribution in [3.63, 3.8) is 0 Å². The van der Waals surface area contributed by atoms with Crippen molar-refractivity contribution in [2.75, 3.05) is 13.2 Å². The van der Waals surface area contributed by atoms with Gasteiger partial charge in [0.2, 0.25) is 0 Å². The highest BCUT2D eigenvalue weighted by Gasteiger charge is 2.22. The van der Waals surface area contributed by atoms with E-state index in [-0.39, 0.29) is 0 Å². The van der Waals surface area contributed by atoms with Crippen LogP contribution in [0, 0.1) is 6.42 Å². The minimum Gasteiger partial charge on any atom is -0.491 e. The van der Waals surface area contributed by atoms with Gasteiger partial charge in [0.25, 0.3) is 0 Å². The van der Waals surface area contributed by atoms with Gasteiger partial charge in [-0.05, 0) is 24.1 Å². The Balaban J connectivity index is 1.84. The van der Waals surface area contributed by atoms with Crippen LogP contribution >= 0.6 is 0 Å². The molecule has 1 unspecified atom stereocenters. The Bertz CT molecular complexity index is 275. The lowest BCUT2D eigenvalue weighted by Gasteiger charge is -2.04. The first-order valence-electron chi connectivity index (χ1n) is 4.97. The van der Waals surface area contributed by atoms with E-state index in [1.54, 1.807) is 0 Å². The number of benzene rings is 1. The second-order valence-corrected chi connectivity index (χ2v) is 3.32. The molecule has 1 aliphatic heterocycles. The molecule has 1 saturated heterocycles. The summed E-state index contributed by atoms with van der Waals surface area (Å²) in [5.41, 5.74) is 1.13. The van der Waals surface area contributed by atoms with E-state index in [9.17, 15) is 0 Å². The fourth-order valence-corrected chi connectivity index (χ4v) is 1.23. The van der Waals surface area contributed by atoms with Crippen LogP contribution < -0.4 is 4.74 Å². The maximum Gasteiger partial charge on any atom is 0.119 e. The maximum absolute atomic E-state index is 5.51. The molecule has 1 fully saturated rings. The van der Waals surface area contributed by atoms with Gasteiger partial charge >= 0.3 is 0 Å². The molecule has 1 aromatic rings. The topological polar surface area (TPSA) is 21.8 Å². The van der Waals surface area contributed by atoms with Crippen LogP contribution in [-0.2, 0) is 4.74 Å². The number of hydrogen-bond acceptors (Lipinski definition) is 2. The Morgan fingerprint density at radius 2 is 2.14 bits per heavy atom. The van der Waals surface area contributed by atoms with Gasteiger partial charge in [0.05, 0.1) is 6.61 Å². The maximum atomic E-state index is 5.51. The van der Waals surface area contributed by atoms with Gasteiger partial charge in [0.15, 0.2) is 0 Å². The first kappa shape index (κ1) is 9.53. The van der Waals surface area contributed by atoms with Gasteiger partial charge in [-0.1, -0.05) is 19.1 Å². The molecular weight excluding hydrogens is 176 g/mol. The minimum absolute atomic E-state index is 0.323. The molecule has 1 heterocycles. The van der Waals surface area contributed by atoms with Crippen LogP contribution in [0.4, 0.5) is 0 Å². The smallest absolute Gasteiger partial charge is 0.119 e. The predicted octanol–water partition coefficient (Wildman–Crippen LogP) is 2.30. The first-order chi connectivity index (χ1) is 6.88. The molecule has 0 N–H and O–H groups in total. The highest BCUT2D eigenvalue weighted by molar-refractivity contribution is 5.31. The Kier molecular flexibility index (Phi) is 3.04. The monoisotopic (exact) mass is 190 g/mol. The fourth-order valence-electron chi connectivity index (χ4n) is 1.23. The van der Waals surface area contributed by atoms with E-state index < -0.39 is 0 Å². The summed E-state index contributed by atoms with van der Waals surface area (Å²) in [6.07, 6.45) is 4.49. The second-order valence-electron chi connectivity index (χ2n) is 3.32. The normalized spacial score (nSPS) is 19.4. The average Bonchev–Trinajstić information content (AvgIpc) is 3.01. The first-order valence-corrected chi connectivity index (χ1v) is 4.97. The molecule has 1 aromatic carbocycles. The summed E-state index contributed by atoms with van der Waals surface area (Å²) in [6, 6.07) is 7.99. The predicted molar refractivity (Wildman–Crippen MR) is 54.3 cm³/mol. The van der Waals surface area contributed by atoms with Crippen molar-refractivity contribution in [1.29, 1.82) is 0 Å². The van der Waals surface area contributed by atoms with Gasteiger partial charge < -0.3 is 9.47 Å². The third-order valence-corrected chi connectivity index (χ3v) is 2.07. The lowest BCUT2D eigenvalue weighted by molar-refractivity contribution is 0.263. The standard InChI is InChI=1S/C12H14O2/c1-2-3-10-4-6-11(7-5-10)13-8-12-9-14-12/h4-7,12H,2,8-9H2,1H3. The summed E-state index contributed by atoms with van der Waals surface area (Å²) in [5, 5.41) is 0. The lowest BCUT2D eigenvalue weighted by Crippen LogP contribution is -2.03. The van der Waals surface area contributed by atoms with Crippen molar-refractivity contribution in [2.24, 2.45) is 0 Å². The van der Waals surface area contributed by atoms with Crippen LogP contribution in [0.15, 0.2) is 24.3 Å². The van der Waals surface area contributed by atoms with Crippen molar-refractivity contribution in [1.82, 2.24) is 0 Å². The Morgan fingerprint density at radius 3 is 2.71 bits per heavy atom. The summed E-state index contributed by atoms with van der Waals surface area (Å²) >= 11 is 0. The van der Waals surface area contributed by atoms with E-state index in [2.05, 4.69) is 13.3 Å². The molecule has 0 amide bonds. The molecule has 1 aliphatic rings. The summed E-state index contributed by atoms with van der Waals surface area (Å²) < 4.78 is 10.6. The van der Waals surface area contributed by atoms with Crippen LogP contribution in [0.5, 0.6) is 5.75 Å². The van der Waals surface area contributed by atoms with Gasteiger partial charge in [-0.3, -0.25) is 0 Å². The third-order valence-electron chi connectivity index (χ3n) is 2.07. The zero-order chi connectivity index (χ0) is 9.80. The minimum atomic E-state index is 0.323. The Labute approximate surface area is 84.8 Å². The Morgan fingerprint density at radius 1 is 1.43 bits per heavy atom. The molecule has 0 saturated carbocycles. The zero-order valence-corrected chi connectivity index (χ0v) is 8.32. The highest BCUT2D eigenvalue weighted by atomic mass is 16.6. The molecule has 2 rings (SSSR count). The molecule has 0 bridgehead atoms. The van der Waals surface area contributed by atoms with Crippen molar-refractivity contribution in [2.45, 2.75) is 19.4 Å². The molecule has 2 nitrogen and oxygen atoms in total. The number of epoxide rings is 1. The molecule has 2 radical (unpaired) electrons. The average molecular weight is 190 g/mol. The van der Waals surface area contributed by atoms with Crippen LogP contribution in [0.25, 0.3) is 0 Å². The van der Waals surface area contributed by atoms with Crippen LogP contribution in [0.2, 0.25) is 0 Å². The molecular formula is C12H14O2. The van der Waals surface area contributed by atoms with Gasteiger partial charge in [-0.2, -0.15) is 0 Å². The zero-order valence-electron chi connectivity index (χ0n) is 8.32. The van der Waals surface area contributed by atoms with Crippen molar-refractivity contribution < 1.29 is 9.47 Å². The van der Waals surface area contributed by atoms with E-state index in [0.717, 1.165) is 24.3 Å². The highest BCUT2D eigenvalue weighted by Crippen LogP contribution is 2.16. The molecule has 74 valence electrons. The summed E-state index contributed by atoms with van der Waals surface area (Å²) in [6.45, 7) is 3.59. The summed E-state index contributed by atoms with van der Waals surface area (Å²) in [5.74, 6) is 0.905. The van der Waals surface area contributed by atoms with Gasteiger partial charge in [0, 0.05) is 6.42 Å². The summed E-state index contributed by atoms with van der Waals surface area (Å²) in [4.78, 5) is 0. The molecule has 1 atom stereocenters. The van der Waals surface area contributed by atoms with Crippen LogP contribution in [-0.4, -0.2) is 19.3 Å². The lowest BCUT2D eigenvalue weighted by atomic mass is 10.1. The van der Waals surface area contributed by atoms with Gasteiger partial charge in [-0.25, -0.2) is 0 Å². The molecule has 0 aliphatic carbocycles. The number of rotatable bonds is 5. The molecule has 14 heavy (non-hydrogen) atoms. The largest absolute Gasteiger partial charge is 0.491 e. The van der Waals surface area contributed by atoms with E-state index >= 15 is 0 Å². The third kappa shape index (κ3) is 2.74. The van der Waals surface area contributed by atoms with Gasteiger partial charge in [0.1, 0.15) is 18.5 Å². The molecule has 0 spiro atoms. The number of hydrogen-bond donors (Lipinski definition) is 0. The van der Waals surface area contributed by atoms with Crippen LogP contribution in [0.1, 0.15) is 18.9 Å². The van der Waals surface area contributed by atoms with Crippen molar-refractivity contribution in [3.8, 4) is 5.75 Å².